The van der Waals surface area contributed by atoms with Crippen LogP contribution < -0.4 is 0 Å². The molecule has 0 spiro atoms. The van der Waals surface area contributed by atoms with E-state index >= 15 is 0 Å². The number of hydrogen-bond acceptors (Lipinski definition) is 7. The normalized spacial score (nSPS) is 27.2. The van der Waals surface area contributed by atoms with Crippen LogP contribution in [0.15, 0.2) is 6.08 Å². The first-order valence-corrected chi connectivity index (χ1v) is 11.3. The highest BCUT2D eigenvalue weighted by molar-refractivity contribution is 5.60. The number of tetrazole rings is 1. The molecule has 0 amide bonds. The van der Waals surface area contributed by atoms with Crippen molar-refractivity contribution in [3.05, 3.63) is 11.9 Å². The van der Waals surface area contributed by atoms with E-state index in [1.807, 2.05) is 10.8 Å². The molecule has 2 atom stereocenters. The summed E-state index contributed by atoms with van der Waals surface area (Å²) < 4.78 is 25.4. The van der Waals surface area contributed by atoms with Crippen LogP contribution in [0.1, 0.15) is 82.5 Å². The van der Waals surface area contributed by atoms with Crippen LogP contribution >= 0.6 is 0 Å². The predicted octanol–water partition coefficient (Wildman–Crippen LogP) is 3.65. The largest absolute Gasteiger partial charge is 0.353 e. The molecule has 8 heteroatoms. The highest BCUT2D eigenvalue weighted by atomic mass is 16.7. The lowest BCUT2D eigenvalue weighted by Crippen LogP contribution is -2.24. The van der Waals surface area contributed by atoms with Gasteiger partial charge in [0.15, 0.2) is 18.4 Å². The first kappa shape index (κ1) is 20.9. The molecule has 3 heterocycles. The summed E-state index contributed by atoms with van der Waals surface area (Å²) >= 11 is 0. The van der Waals surface area contributed by atoms with Crippen LogP contribution in [0.4, 0.5) is 0 Å². The molecule has 162 valence electrons. The molecule has 0 aromatic carbocycles. The Labute approximate surface area is 172 Å². The van der Waals surface area contributed by atoms with Gasteiger partial charge in [0.2, 0.25) is 0 Å². The zero-order valence-corrected chi connectivity index (χ0v) is 17.3. The Balaban J connectivity index is 1.43. The molecule has 1 saturated carbocycles. The van der Waals surface area contributed by atoms with E-state index < -0.39 is 0 Å². The third-order valence-corrected chi connectivity index (χ3v) is 6.01. The Kier molecular flexibility index (Phi) is 8.04. The minimum atomic E-state index is -0.145. The molecule has 29 heavy (non-hydrogen) atoms. The smallest absolute Gasteiger partial charge is 0.180 e. The standard InChI is InChI=1S/C21H34N4O4/c1-2-8-18(9-3-1)25-21(22-23-24-25)17(16-29-20-11-5-7-14-27-20)12-15-28-19-10-4-6-13-26-19/h12,18-20H,1-11,13-16H2/b17-12+. The molecule has 1 aromatic heterocycles. The Morgan fingerprint density at radius 3 is 2.28 bits per heavy atom. The summed E-state index contributed by atoms with van der Waals surface area (Å²) in [5, 5.41) is 12.6. The minimum Gasteiger partial charge on any atom is -0.353 e. The zero-order valence-electron chi connectivity index (χ0n) is 17.3. The molecule has 2 unspecified atom stereocenters. The highest BCUT2D eigenvalue weighted by Gasteiger charge is 2.23. The van der Waals surface area contributed by atoms with Crippen LogP contribution in [-0.2, 0) is 18.9 Å². The van der Waals surface area contributed by atoms with Crippen LogP contribution in [0.5, 0.6) is 0 Å². The van der Waals surface area contributed by atoms with Crippen LogP contribution in [0.3, 0.4) is 0 Å². The third kappa shape index (κ3) is 6.07. The SMILES string of the molecule is C(/COC1CCCCO1)=C(/COC1CCCCO1)c1nnnn1C1CCCCC1. The maximum Gasteiger partial charge on any atom is 0.180 e. The second kappa shape index (κ2) is 11.2. The van der Waals surface area contributed by atoms with Gasteiger partial charge >= 0.3 is 0 Å². The first-order chi connectivity index (χ1) is 14.4. The van der Waals surface area contributed by atoms with E-state index in [-0.39, 0.29) is 12.6 Å². The van der Waals surface area contributed by atoms with Crippen molar-refractivity contribution in [3.8, 4) is 0 Å². The van der Waals surface area contributed by atoms with E-state index in [1.165, 1.54) is 19.3 Å². The number of aromatic nitrogens is 4. The van der Waals surface area contributed by atoms with Crippen molar-refractivity contribution >= 4 is 5.57 Å². The van der Waals surface area contributed by atoms with Gasteiger partial charge in [-0.2, -0.15) is 0 Å². The Morgan fingerprint density at radius 1 is 0.897 bits per heavy atom. The number of rotatable bonds is 8. The lowest BCUT2D eigenvalue weighted by molar-refractivity contribution is -0.157. The van der Waals surface area contributed by atoms with Crippen molar-refractivity contribution < 1.29 is 18.9 Å². The fourth-order valence-electron chi connectivity index (χ4n) is 4.32. The lowest BCUT2D eigenvalue weighted by Gasteiger charge is -2.25. The summed E-state index contributed by atoms with van der Waals surface area (Å²) in [6.07, 6.45) is 14.2. The third-order valence-electron chi connectivity index (χ3n) is 6.01. The predicted molar refractivity (Wildman–Crippen MR) is 107 cm³/mol. The molecule has 2 aliphatic heterocycles. The van der Waals surface area contributed by atoms with Gasteiger partial charge in [-0.25, -0.2) is 4.68 Å². The molecule has 3 aliphatic rings. The molecule has 8 nitrogen and oxygen atoms in total. The van der Waals surface area contributed by atoms with Gasteiger partial charge in [-0.1, -0.05) is 19.3 Å². The quantitative estimate of drug-likeness (QED) is 0.652. The van der Waals surface area contributed by atoms with E-state index in [4.69, 9.17) is 18.9 Å². The number of ether oxygens (including phenoxy) is 4. The molecular weight excluding hydrogens is 372 g/mol. The molecule has 4 rings (SSSR count). The summed E-state index contributed by atoms with van der Waals surface area (Å²) in [4.78, 5) is 0. The summed E-state index contributed by atoms with van der Waals surface area (Å²) in [6.45, 7) is 2.44. The molecule has 0 radical (unpaired) electrons. The van der Waals surface area contributed by atoms with Gasteiger partial charge in [0, 0.05) is 18.8 Å². The van der Waals surface area contributed by atoms with Crippen LogP contribution in [-0.4, -0.2) is 59.2 Å². The van der Waals surface area contributed by atoms with Crippen LogP contribution in [0, 0.1) is 0 Å². The second-order valence-corrected chi connectivity index (χ2v) is 8.20. The maximum atomic E-state index is 6.07. The van der Waals surface area contributed by atoms with E-state index in [0.717, 1.165) is 76.0 Å². The van der Waals surface area contributed by atoms with Crippen molar-refractivity contribution in [2.75, 3.05) is 26.4 Å². The van der Waals surface area contributed by atoms with E-state index in [0.29, 0.717) is 19.3 Å². The summed E-state index contributed by atoms with van der Waals surface area (Å²) in [5.41, 5.74) is 0.963. The monoisotopic (exact) mass is 406 g/mol. The fraction of sp³-hybridized carbons (Fsp3) is 0.857. The molecule has 2 saturated heterocycles. The lowest BCUT2D eigenvalue weighted by atomic mass is 9.95. The Bertz CT molecular complexity index is 632. The zero-order chi connectivity index (χ0) is 19.7. The van der Waals surface area contributed by atoms with Crippen molar-refractivity contribution in [1.82, 2.24) is 20.2 Å². The molecule has 1 aliphatic carbocycles. The number of nitrogens with zero attached hydrogens (tertiary/aromatic N) is 4. The first-order valence-electron chi connectivity index (χ1n) is 11.3. The summed E-state index contributed by atoms with van der Waals surface area (Å²) in [7, 11) is 0. The Hall–Kier alpha value is -1.35. The molecule has 0 bridgehead atoms. The molecule has 1 aromatic rings. The van der Waals surface area contributed by atoms with Gasteiger partial charge in [-0.05, 0) is 67.9 Å². The van der Waals surface area contributed by atoms with Gasteiger partial charge in [0.1, 0.15) is 0 Å². The Morgan fingerprint density at radius 2 is 1.59 bits per heavy atom. The maximum absolute atomic E-state index is 6.07. The summed E-state index contributed by atoms with van der Waals surface area (Å²) in [5.74, 6) is 0.792. The average molecular weight is 407 g/mol. The minimum absolute atomic E-state index is 0.113. The van der Waals surface area contributed by atoms with Crippen molar-refractivity contribution in [2.24, 2.45) is 0 Å². The summed E-state index contributed by atoms with van der Waals surface area (Å²) in [6, 6.07) is 0.366. The fourth-order valence-corrected chi connectivity index (χ4v) is 4.32. The van der Waals surface area contributed by atoms with Crippen molar-refractivity contribution in [3.63, 3.8) is 0 Å². The molecule has 0 N–H and O–H groups in total. The average Bonchev–Trinajstić information content (AvgIpc) is 3.28. The van der Waals surface area contributed by atoms with Crippen LogP contribution in [0.25, 0.3) is 5.57 Å². The number of hydrogen-bond donors (Lipinski definition) is 0. The van der Waals surface area contributed by atoms with E-state index in [1.54, 1.807) is 0 Å². The van der Waals surface area contributed by atoms with Gasteiger partial charge in [-0.15, -0.1) is 5.10 Å². The van der Waals surface area contributed by atoms with Gasteiger partial charge in [0.05, 0.1) is 19.3 Å². The van der Waals surface area contributed by atoms with Crippen molar-refractivity contribution in [1.29, 1.82) is 0 Å². The van der Waals surface area contributed by atoms with Gasteiger partial charge < -0.3 is 18.9 Å². The second-order valence-electron chi connectivity index (χ2n) is 8.20. The topological polar surface area (TPSA) is 80.5 Å². The van der Waals surface area contributed by atoms with E-state index in [9.17, 15) is 0 Å². The van der Waals surface area contributed by atoms with Crippen LogP contribution in [0.2, 0.25) is 0 Å². The van der Waals surface area contributed by atoms with Crippen molar-refractivity contribution in [2.45, 2.75) is 89.3 Å². The van der Waals surface area contributed by atoms with Gasteiger partial charge in [-0.3, -0.25) is 0 Å². The van der Waals surface area contributed by atoms with E-state index in [2.05, 4.69) is 15.5 Å². The highest BCUT2D eigenvalue weighted by Crippen LogP contribution is 2.29. The molecule has 3 fully saturated rings. The molecular formula is C21H34N4O4. The van der Waals surface area contributed by atoms with Gasteiger partial charge in [0.25, 0.3) is 0 Å².